The molecule has 0 bridgehead atoms. The van der Waals surface area contributed by atoms with Gasteiger partial charge in [-0.25, -0.2) is 4.39 Å². The number of hydrogen-bond acceptors (Lipinski definition) is 2. The van der Waals surface area contributed by atoms with Crippen molar-refractivity contribution in [3.63, 3.8) is 0 Å². The Labute approximate surface area is 127 Å². The molecule has 0 saturated carbocycles. The van der Waals surface area contributed by atoms with E-state index in [2.05, 4.69) is 15.5 Å². The topological polar surface area (TPSA) is 57.8 Å². The Bertz CT molecular complexity index is 783. The highest BCUT2D eigenvalue weighted by Gasteiger charge is 2.11. The van der Waals surface area contributed by atoms with Gasteiger partial charge in [0.2, 0.25) is 0 Å². The number of H-pyrrole nitrogens is 1. The first-order chi connectivity index (χ1) is 10.7. The number of nitrogens with one attached hydrogen (secondary N) is 2. The van der Waals surface area contributed by atoms with Crippen LogP contribution in [0.1, 0.15) is 16.1 Å². The SMILES string of the molecule is O=C(NCc1ccccc1F)c1cc(-c2ccccc2)n[nH]1. The lowest BCUT2D eigenvalue weighted by atomic mass is 10.1. The summed E-state index contributed by atoms with van der Waals surface area (Å²) < 4.78 is 13.5. The predicted molar refractivity (Wildman–Crippen MR) is 81.6 cm³/mol. The molecule has 4 nitrogen and oxygen atoms in total. The Balaban J connectivity index is 1.69. The minimum atomic E-state index is -0.336. The van der Waals surface area contributed by atoms with Crippen LogP contribution in [0.5, 0.6) is 0 Å². The molecule has 0 spiro atoms. The molecule has 22 heavy (non-hydrogen) atoms. The number of hydrogen-bond donors (Lipinski definition) is 2. The number of halogens is 1. The van der Waals surface area contributed by atoms with E-state index in [0.29, 0.717) is 17.0 Å². The second kappa shape index (κ2) is 6.22. The quantitative estimate of drug-likeness (QED) is 0.777. The summed E-state index contributed by atoms with van der Waals surface area (Å²) in [4.78, 5) is 12.1. The Morgan fingerprint density at radius 2 is 1.82 bits per heavy atom. The zero-order chi connectivity index (χ0) is 15.4. The first-order valence-corrected chi connectivity index (χ1v) is 6.86. The maximum Gasteiger partial charge on any atom is 0.269 e. The summed E-state index contributed by atoms with van der Waals surface area (Å²) >= 11 is 0. The summed E-state index contributed by atoms with van der Waals surface area (Å²) in [6, 6.07) is 17.6. The van der Waals surface area contributed by atoms with E-state index in [1.807, 2.05) is 30.3 Å². The van der Waals surface area contributed by atoms with Crippen LogP contribution >= 0.6 is 0 Å². The molecule has 0 atom stereocenters. The minimum absolute atomic E-state index is 0.130. The summed E-state index contributed by atoms with van der Waals surface area (Å²) in [5.41, 5.74) is 2.40. The second-order valence-corrected chi connectivity index (χ2v) is 4.81. The lowest BCUT2D eigenvalue weighted by Crippen LogP contribution is -2.23. The van der Waals surface area contributed by atoms with Crippen molar-refractivity contribution in [1.29, 1.82) is 0 Å². The van der Waals surface area contributed by atoms with Crippen molar-refractivity contribution in [2.75, 3.05) is 0 Å². The van der Waals surface area contributed by atoms with Crippen molar-refractivity contribution >= 4 is 5.91 Å². The zero-order valence-corrected chi connectivity index (χ0v) is 11.7. The van der Waals surface area contributed by atoms with Gasteiger partial charge in [-0.2, -0.15) is 5.10 Å². The monoisotopic (exact) mass is 295 g/mol. The average molecular weight is 295 g/mol. The maximum absolute atomic E-state index is 13.5. The van der Waals surface area contributed by atoms with E-state index in [0.717, 1.165) is 5.56 Å². The summed E-state index contributed by atoms with van der Waals surface area (Å²) in [5.74, 6) is -0.657. The number of carbonyl (C=O) groups excluding carboxylic acids is 1. The Kier molecular flexibility index (Phi) is 3.96. The highest BCUT2D eigenvalue weighted by Crippen LogP contribution is 2.16. The Morgan fingerprint density at radius 1 is 1.09 bits per heavy atom. The second-order valence-electron chi connectivity index (χ2n) is 4.81. The molecule has 0 radical (unpaired) electrons. The summed E-state index contributed by atoms with van der Waals surface area (Å²) in [5, 5.41) is 9.49. The van der Waals surface area contributed by atoms with Gasteiger partial charge in [-0.15, -0.1) is 0 Å². The molecular formula is C17H14FN3O. The fourth-order valence-electron chi connectivity index (χ4n) is 2.11. The van der Waals surface area contributed by atoms with Gasteiger partial charge in [-0.3, -0.25) is 9.89 Å². The van der Waals surface area contributed by atoms with Gasteiger partial charge >= 0.3 is 0 Å². The number of rotatable bonds is 4. The molecule has 0 aliphatic rings. The predicted octanol–water partition coefficient (Wildman–Crippen LogP) is 3.15. The van der Waals surface area contributed by atoms with Crippen LogP contribution in [0.4, 0.5) is 4.39 Å². The van der Waals surface area contributed by atoms with Crippen molar-refractivity contribution < 1.29 is 9.18 Å². The van der Waals surface area contributed by atoms with Crippen LogP contribution in [0.25, 0.3) is 11.3 Å². The smallest absolute Gasteiger partial charge is 0.269 e. The van der Waals surface area contributed by atoms with Gasteiger partial charge in [0.05, 0.1) is 5.69 Å². The molecule has 5 heteroatoms. The van der Waals surface area contributed by atoms with Gasteiger partial charge in [-0.05, 0) is 12.1 Å². The molecule has 0 aliphatic carbocycles. The first-order valence-electron chi connectivity index (χ1n) is 6.86. The van der Waals surface area contributed by atoms with Crippen molar-refractivity contribution in [1.82, 2.24) is 15.5 Å². The molecule has 0 aliphatic heterocycles. The average Bonchev–Trinajstić information content (AvgIpc) is 3.05. The fourth-order valence-corrected chi connectivity index (χ4v) is 2.11. The van der Waals surface area contributed by atoms with E-state index in [4.69, 9.17) is 0 Å². The van der Waals surface area contributed by atoms with Gasteiger partial charge in [0.25, 0.3) is 5.91 Å². The van der Waals surface area contributed by atoms with Gasteiger partial charge in [0.15, 0.2) is 0 Å². The van der Waals surface area contributed by atoms with Crippen molar-refractivity contribution in [3.05, 3.63) is 77.7 Å². The molecule has 0 unspecified atom stereocenters. The molecule has 3 rings (SSSR count). The maximum atomic E-state index is 13.5. The number of carbonyl (C=O) groups is 1. The normalized spacial score (nSPS) is 10.4. The zero-order valence-electron chi connectivity index (χ0n) is 11.7. The number of amides is 1. The molecule has 0 fully saturated rings. The molecule has 110 valence electrons. The number of benzene rings is 2. The largest absolute Gasteiger partial charge is 0.347 e. The highest BCUT2D eigenvalue weighted by molar-refractivity contribution is 5.93. The summed E-state index contributed by atoms with van der Waals surface area (Å²) in [6.45, 7) is 0.130. The van der Waals surface area contributed by atoms with Crippen molar-refractivity contribution in [2.24, 2.45) is 0 Å². The lowest BCUT2D eigenvalue weighted by molar-refractivity contribution is 0.0945. The van der Waals surface area contributed by atoms with Gasteiger partial charge in [0, 0.05) is 17.7 Å². The molecule has 2 N–H and O–H groups in total. The lowest BCUT2D eigenvalue weighted by Gasteiger charge is -2.04. The third-order valence-corrected chi connectivity index (χ3v) is 3.29. The van der Waals surface area contributed by atoms with Crippen LogP contribution < -0.4 is 5.32 Å². The summed E-state index contributed by atoms with van der Waals surface area (Å²) in [6.07, 6.45) is 0. The van der Waals surface area contributed by atoms with E-state index in [1.54, 1.807) is 24.3 Å². The van der Waals surface area contributed by atoms with Crippen LogP contribution in [0.3, 0.4) is 0 Å². The number of aromatic nitrogens is 2. The van der Waals surface area contributed by atoms with Crippen LogP contribution in [-0.2, 0) is 6.54 Å². The number of aromatic amines is 1. The van der Waals surface area contributed by atoms with Gasteiger partial charge < -0.3 is 5.32 Å². The van der Waals surface area contributed by atoms with E-state index in [1.165, 1.54) is 6.07 Å². The standard InChI is InChI=1S/C17H14FN3O/c18-14-9-5-4-8-13(14)11-19-17(22)16-10-15(20-21-16)12-6-2-1-3-7-12/h1-10H,11H2,(H,19,22)(H,20,21). The summed E-state index contributed by atoms with van der Waals surface area (Å²) in [7, 11) is 0. The molecule has 1 aromatic heterocycles. The molecule has 2 aromatic carbocycles. The highest BCUT2D eigenvalue weighted by atomic mass is 19.1. The van der Waals surface area contributed by atoms with E-state index in [-0.39, 0.29) is 18.3 Å². The van der Waals surface area contributed by atoms with E-state index in [9.17, 15) is 9.18 Å². The van der Waals surface area contributed by atoms with E-state index < -0.39 is 0 Å². The fraction of sp³-hybridized carbons (Fsp3) is 0.0588. The first kappa shape index (κ1) is 14.0. The molecular weight excluding hydrogens is 281 g/mol. The number of nitrogens with zero attached hydrogens (tertiary/aromatic N) is 1. The van der Waals surface area contributed by atoms with Crippen LogP contribution in [-0.4, -0.2) is 16.1 Å². The van der Waals surface area contributed by atoms with Crippen LogP contribution in [0.15, 0.2) is 60.7 Å². The van der Waals surface area contributed by atoms with Gasteiger partial charge in [0.1, 0.15) is 11.5 Å². The van der Waals surface area contributed by atoms with Crippen molar-refractivity contribution in [2.45, 2.75) is 6.54 Å². The van der Waals surface area contributed by atoms with Crippen LogP contribution in [0, 0.1) is 5.82 Å². The van der Waals surface area contributed by atoms with E-state index >= 15 is 0 Å². The third-order valence-electron chi connectivity index (χ3n) is 3.29. The van der Waals surface area contributed by atoms with Gasteiger partial charge in [-0.1, -0.05) is 48.5 Å². The Morgan fingerprint density at radius 3 is 2.59 bits per heavy atom. The molecule has 1 heterocycles. The molecule has 0 saturated heterocycles. The Hall–Kier alpha value is -2.95. The molecule has 1 amide bonds. The third kappa shape index (κ3) is 3.03. The minimum Gasteiger partial charge on any atom is -0.347 e. The molecule has 3 aromatic rings. The van der Waals surface area contributed by atoms with Crippen LogP contribution in [0.2, 0.25) is 0 Å². The van der Waals surface area contributed by atoms with Crippen molar-refractivity contribution in [3.8, 4) is 11.3 Å².